The molecule has 0 heterocycles. The predicted molar refractivity (Wildman–Crippen MR) is 81.2 cm³/mol. The molecular formula is C14H21BrN2O2. The van der Waals surface area contributed by atoms with E-state index in [9.17, 15) is 4.79 Å². The van der Waals surface area contributed by atoms with Gasteiger partial charge in [0.1, 0.15) is 5.75 Å². The lowest BCUT2D eigenvalue weighted by Gasteiger charge is -2.18. The Hall–Kier alpha value is -1.23. The van der Waals surface area contributed by atoms with Crippen molar-refractivity contribution >= 4 is 27.5 Å². The summed E-state index contributed by atoms with van der Waals surface area (Å²) in [5.74, 6) is 0.849. The lowest BCUT2D eigenvalue weighted by Crippen LogP contribution is -2.38. The summed E-state index contributed by atoms with van der Waals surface area (Å²) in [6, 6.07) is 3.67. The number of nitrogens with two attached hydrogens (primary N) is 1. The molecule has 1 unspecified atom stereocenters. The van der Waals surface area contributed by atoms with Gasteiger partial charge in [-0.05, 0) is 37.5 Å². The first-order chi connectivity index (χ1) is 8.81. The minimum atomic E-state index is -0.569. The summed E-state index contributed by atoms with van der Waals surface area (Å²) < 4.78 is 6.56. The predicted octanol–water partition coefficient (Wildman–Crippen LogP) is 2.88. The second kappa shape index (κ2) is 6.80. The van der Waals surface area contributed by atoms with Crippen molar-refractivity contribution in [3.63, 3.8) is 0 Å². The van der Waals surface area contributed by atoms with E-state index in [2.05, 4.69) is 21.2 Å². The molecule has 1 amide bonds. The lowest BCUT2D eigenvalue weighted by molar-refractivity contribution is -0.127. The highest BCUT2D eigenvalue weighted by Gasteiger charge is 2.17. The van der Waals surface area contributed by atoms with Gasteiger partial charge in [0, 0.05) is 11.0 Å². The zero-order chi connectivity index (χ0) is 14.6. The van der Waals surface area contributed by atoms with Crippen molar-refractivity contribution < 1.29 is 9.53 Å². The van der Waals surface area contributed by atoms with Crippen LogP contribution in [0.1, 0.15) is 26.3 Å². The standard InChI is InChI=1S/C14H21BrN2O2/c1-8(2)7-17-14(18)10(4)19-13-9(3)5-11(15)6-12(13)16/h5-6,8,10H,7,16H2,1-4H3,(H,17,18). The van der Waals surface area contributed by atoms with Crippen molar-refractivity contribution in [1.29, 1.82) is 0 Å². The van der Waals surface area contributed by atoms with E-state index in [1.54, 1.807) is 13.0 Å². The smallest absolute Gasteiger partial charge is 0.260 e. The normalized spacial score (nSPS) is 12.3. The molecule has 1 aromatic carbocycles. The first kappa shape index (κ1) is 15.8. The van der Waals surface area contributed by atoms with Crippen LogP contribution in [0.4, 0.5) is 5.69 Å². The molecule has 0 aliphatic rings. The molecule has 5 heteroatoms. The third-order valence-corrected chi connectivity index (χ3v) is 3.07. The van der Waals surface area contributed by atoms with Gasteiger partial charge in [-0.25, -0.2) is 0 Å². The summed E-state index contributed by atoms with van der Waals surface area (Å²) in [7, 11) is 0. The second-order valence-corrected chi connectivity index (χ2v) is 5.96. The zero-order valence-corrected chi connectivity index (χ0v) is 13.4. The van der Waals surface area contributed by atoms with E-state index < -0.39 is 6.10 Å². The fourth-order valence-corrected chi connectivity index (χ4v) is 2.19. The van der Waals surface area contributed by atoms with Crippen molar-refractivity contribution in [1.82, 2.24) is 5.32 Å². The first-order valence-electron chi connectivity index (χ1n) is 6.31. The maximum atomic E-state index is 11.9. The highest BCUT2D eigenvalue weighted by Crippen LogP contribution is 2.30. The Bertz CT molecular complexity index is 438. The number of aryl methyl sites for hydroxylation is 1. The Morgan fingerprint density at radius 1 is 1.42 bits per heavy atom. The third kappa shape index (κ3) is 4.74. The van der Waals surface area contributed by atoms with Gasteiger partial charge in [-0.1, -0.05) is 29.8 Å². The van der Waals surface area contributed by atoms with Crippen LogP contribution in [-0.4, -0.2) is 18.6 Å². The molecule has 19 heavy (non-hydrogen) atoms. The average molecular weight is 329 g/mol. The monoisotopic (exact) mass is 328 g/mol. The number of hydrogen-bond donors (Lipinski definition) is 2. The van der Waals surface area contributed by atoms with Crippen LogP contribution in [0.3, 0.4) is 0 Å². The Morgan fingerprint density at radius 2 is 2.05 bits per heavy atom. The van der Waals surface area contributed by atoms with Crippen molar-refractivity contribution in [2.24, 2.45) is 5.92 Å². The molecule has 0 saturated heterocycles. The number of amides is 1. The molecule has 3 N–H and O–H groups in total. The molecule has 106 valence electrons. The largest absolute Gasteiger partial charge is 0.478 e. The fourth-order valence-electron chi connectivity index (χ4n) is 1.60. The Morgan fingerprint density at radius 3 is 2.58 bits per heavy atom. The Balaban J connectivity index is 2.71. The van der Waals surface area contributed by atoms with E-state index in [0.29, 0.717) is 23.9 Å². The Labute approximate surface area is 122 Å². The molecule has 0 bridgehead atoms. The van der Waals surface area contributed by atoms with Crippen LogP contribution in [0.25, 0.3) is 0 Å². The van der Waals surface area contributed by atoms with Gasteiger partial charge in [-0.15, -0.1) is 0 Å². The fraction of sp³-hybridized carbons (Fsp3) is 0.500. The highest BCUT2D eigenvalue weighted by molar-refractivity contribution is 9.10. The van der Waals surface area contributed by atoms with Crippen LogP contribution in [0, 0.1) is 12.8 Å². The average Bonchev–Trinajstić information content (AvgIpc) is 2.30. The molecule has 1 aromatic rings. The number of carbonyl (C=O) groups excluding carboxylic acids is 1. The second-order valence-electron chi connectivity index (χ2n) is 5.04. The van der Waals surface area contributed by atoms with Crippen LogP contribution in [0.15, 0.2) is 16.6 Å². The van der Waals surface area contributed by atoms with E-state index in [1.165, 1.54) is 0 Å². The number of hydrogen-bond acceptors (Lipinski definition) is 3. The molecule has 1 atom stereocenters. The maximum absolute atomic E-state index is 11.9. The lowest BCUT2D eigenvalue weighted by atomic mass is 10.2. The summed E-state index contributed by atoms with van der Waals surface area (Å²) >= 11 is 3.37. The number of nitrogens with one attached hydrogen (secondary N) is 1. The van der Waals surface area contributed by atoms with E-state index >= 15 is 0 Å². The van der Waals surface area contributed by atoms with Gasteiger partial charge in [-0.2, -0.15) is 0 Å². The molecule has 1 rings (SSSR count). The minimum absolute atomic E-state index is 0.129. The number of halogens is 1. The topological polar surface area (TPSA) is 64.3 Å². The van der Waals surface area contributed by atoms with Crippen LogP contribution >= 0.6 is 15.9 Å². The van der Waals surface area contributed by atoms with Crippen molar-refractivity contribution in [2.75, 3.05) is 12.3 Å². The van der Waals surface area contributed by atoms with Crippen molar-refractivity contribution in [3.8, 4) is 5.75 Å². The maximum Gasteiger partial charge on any atom is 0.260 e. The van der Waals surface area contributed by atoms with E-state index in [1.807, 2.05) is 26.8 Å². The van der Waals surface area contributed by atoms with Gasteiger partial charge < -0.3 is 15.8 Å². The zero-order valence-electron chi connectivity index (χ0n) is 11.8. The molecule has 0 aromatic heterocycles. The van der Waals surface area contributed by atoms with Crippen molar-refractivity contribution in [3.05, 3.63) is 22.2 Å². The third-order valence-electron chi connectivity index (χ3n) is 2.62. The summed E-state index contributed by atoms with van der Waals surface area (Å²) in [4.78, 5) is 11.9. The van der Waals surface area contributed by atoms with Gasteiger partial charge in [-0.3, -0.25) is 4.79 Å². The summed E-state index contributed by atoms with van der Waals surface area (Å²) in [5.41, 5.74) is 7.33. The van der Waals surface area contributed by atoms with Gasteiger partial charge >= 0.3 is 0 Å². The van der Waals surface area contributed by atoms with Gasteiger partial charge in [0.05, 0.1) is 5.69 Å². The molecule has 0 fully saturated rings. The van der Waals surface area contributed by atoms with Crippen LogP contribution in [0.5, 0.6) is 5.75 Å². The SMILES string of the molecule is Cc1cc(Br)cc(N)c1OC(C)C(=O)NCC(C)C. The number of ether oxygens (including phenoxy) is 1. The van der Waals surface area contributed by atoms with E-state index in [4.69, 9.17) is 10.5 Å². The quantitative estimate of drug-likeness (QED) is 0.817. The number of rotatable bonds is 5. The summed E-state index contributed by atoms with van der Waals surface area (Å²) in [6.07, 6.45) is -0.569. The van der Waals surface area contributed by atoms with Gasteiger partial charge in [0.2, 0.25) is 0 Å². The number of carbonyl (C=O) groups is 1. The van der Waals surface area contributed by atoms with Crippen LogP contribution in [-0.2, 0) is 4.79 Å². The number of anilines is 1. The number of nitrogen functional groups attached to an aromatic ring is 1. The molecule has 4 nitrogen and oxygen atoms in total. The summed E-state index contributed by atoms with van der Waals surface area (Å²) in [5, 5.41) is 2.84. The molecule has 0 spiro atoms. The molecule has 0 aliphatic heterocycles. The molecular weight excluding hydrogens is 308 g/mol. The van der Waals surface area contributed by atoms with Gasteiger partial charge in [0.15, 0.2) is 6.10 Å². The van der Waals surface area contributed by atoms with Crippen LogP contribution in [0.2, 0.25) is 0 Å². The van der Waals surface area contributed by atoms with Crippen LogP contribution < -0.4 is 15.8 Å². The Kier molecular flexibility index (Phi) is 5.66. The van der Waals surface area contributed by atoms with E-state index in [0.717, 1.165) is 10.0 Å². The van der Waals surface area contributed by atoms with Crippen molar-refractivity contribution in [2.45, 2.75) is 33.8 Å². The molecule has 0 saturated carbocycles. The first-order valence-corrected chi connectivity index (χ1v) is 7.10. The van der Waals surface area contributed by atoms with E-state index in [-0.39, 0.29) is 5.91 Å². The minimum Gasteiger partial charge on any atom is -0.478 e. The molecule has 0 aliphatic carbocycles. The van der Waals surface area contributed by atoms with Gasteiger partial charge in [0.25, 0.3) is 5.91 Å². The molecule has 0 radical (unpaired) electrons. The number of benzene rings is 1. The summed E-state index contributed by atoms with van der Waals surface area (Å²) in [6.45, 7) is 8.35. The highest BCUT2D eigenvalue weighted by atomic mass is 79.9.